The molecule has 1 N–H and O–H groups in total. The highest BCUT2D eigenvalue weighted by Gasteiger charge is 2.14. The fraction of sp³-hybridized carbons (Fsp3) is 0.300. The number of anilines is 1. The number of benzene rings is 2. The Kier molecular flexibility index (Phi) is 6.28. The van der Waals surface area contributed by atoms with E-state index in [-0.39, 0.29) is 5.56 Å². The third-order valence-electron chi connectivity index (χ3n) is 4.12. The van der Waals surface area contributed by atoms with Gasteiger partial charge in [-0.05, 0) is 48.6 Å². The SMILES string of the molecule is CC[C@@H](C)c1ccccc1NC(=O)COC(=O)c1ccc(C)c(F)c1. The number of carbonyl (C=O) groups is 2. The number of ether oxygens (including phenoxy) is 1. The number of nitrogens with one attached hydrogen (secondary N) is 1. The first-order valence-corrected chi connectivity index (χ1v) is 8.24. The van der Waals surface area contributed by atoms with E-state index in [4.69, 9.17) is 4.74 Å². The van der Waals surface area contributed by atoms with Gasteiger partial charge in [0.25, 0.3) is 5.91 Å². The van der Waals surface area contributed by atoms with Gasteiger partial charge in [-0.1, -0.05) is 38.1 Å². The van der Waals surface area contributed by atoms with Gasteiger partial charge in [-0.2, -0.15) is 0 Å². The third kappa shape index (κ3) is 4.89. The van der Waals surface area contributed by atoms with E-state index in [0.717, 1.165) is 18.1 Å². The van der Waals surface area contributed by atoms with Crippen molar-refractivity contribution in [3.05, 3.63) is 65.0 Å². The zero-order chi connectivity index (χ0) is 18.4. The van der Waals surface area contributed by atoms with Crippen LogP contribution in [-0.4, -0.2) is 18.5 Å². The first-order valence-electron chi connectivity index (χ1n) is 8.24. The Hall–Kier alpha value is -2.69. The first-order chi connectivity index (χ1) is 11.9. The summed E-state index contributed by atoms with van der Waals surface area (Å²) in [7, 11) is 0. The number of para-hydroxylation sites is 1. The average Bonchev–Trinajstić information content (AvgIpc) is 2.61. The second-order valence-electron chi connectivity index (χ2n) is 5.98. The predicted octanol–water partition coefficient (Wildman–Crippen LogP) is 4.44. The van der Waals surface area contributed by atoms with Crippen LogP contribution in [0.25, 0.3) is 0 Å². The summed E-state index contributed by atoms with van der Waals surface area (Å²) in [6.45, 7) is 5.33. The predicted molar refractivity (Wildman–Crippen MR) is 95.2 cm³/mol. The molecular formula is C20H22FNO3. The lowest BCUT2D eigenvalue weighted by Gasteiger charge is -2.15. The molecule has 0 bridgehead atoms. The van der Waals surface area contributed by atoms with Crippen molar-refractivity contribution >= 4 is 17.6 Å². The fourth-order valence-electron chi connectivity index (χ4n) is 2.38. The van der Waals surface area contributed by atoms with Crippen molar-refractivity contribution in [2.24, 2.45) is 0 Å². The molecule has 0 aliphatic rings. The molecule has 2 aromatic rings. The Morgan fingerprint density at radius 3 is 2.60 bits per heavy atom. The quantitative estimate of drug-likeness (QED) is 0.789. The van der Waals surface area contributed by atoms with Crippen LogP contribution in [-0.2, 0) is 9.53 Å². The van der Waals surface area contributed by atoms with E-state index in [1.165, 1.54) is 12.1 Å². The molecule has 1 amide bonds. The van der Waals surface area contributed by atoms with Crippen molar-refractivity contribution in [2.75, 3.05) is 11.9 Å². The molecule has 0 saturated carbocycles. The molecule has 2 aromatic carbocycles. The van der Waals surface area contributed by atoms with Crippen molar-refractivity contribution in [1.82, 2.24) is 0 Å². The van der Waals surface area contributed by atoms with Crippen LogP contribution in [0.2, 0.25) is 0 Å². The summed E-state index contributed by atoms with van der Waals surface area (Å²) in [4.78, 5) is 24.0. The number of hydrogen-bond acceptors (Lipinski definition) is 3. The Bertz CT molecular complexity index is 773. The van der Waals surface area contributed by atoms with Crippen molar-refractivity contribution in [3.8, 4) is 0 Å². The number of carbonyl (C=O) groups excluding carboxylic acids is 2. The summed E-state index contributed by atoms with van der Waals surface area (Å²) in [5.41, 5.74) is 2.26. The van der Waals surface area contributed by atoms with Gasteiger partial charge in [0.1, 0.15) is 5.82 Å². The molecule has 1 atom stereocenters. The summed E-state index contributed by atoms with van der Waals surface area (Å²) in [6.07, 6.45) is 0.945. The molecule has 0 radical (unpaired) electrons. The van der Waals surface area contributed by atoms with Crippen molar-refractivity contribution in [3.63, 3.8) is 0 Å². The monoisotopic (exact) mass is 343 g/mol. The van der Waals surface area contributed by atoms with Gasteiger partial charge in [0.15, 0.2) is 6.61 Å². The number of amides is 1. The summed E-state index contributed by atoms with van der Waals surface area (Å²) in [5.74, 6) is -1.35. The van der Waals surface area contributed by atoms with Crippen LogP contribution >= 0.6 is 0 Å². The molecule has 4 nitrogen and oxygen atoms in total. The van der Waals surface area contributed by atoms with Crippen molar-refractivity contribution in [2.45, 2.75) is 33.1 Å². The topological polar surface area (TPSA) is 55.4 Å². The van der Waals surface area contributed by atoms with E-state index in [0.29, 0.717) is 17.2 Å². The molecule has 0 aromatic heterocycles. The molecule has 0 heterocycles. The van der Waals surface area contributed by atoms with Crippen LogP contribution in [0.5, 0.6) is 0 Å². The van der Waals surface area contributed by atoms with Crippen LogP contribution < -0.4 is 5.32 Å². The van der Waals surface area contributed by atoms with E-state index in [2.05, 4.69) is 19.2 Å². The van der Waals surface area contributed by atoms with E-state index in [9.17, 15) is 14.0 Å². The largest absolute Gasteiger partial charge is 0.452 e. The van der Waals surface area contributed by atoms with Gasteiger partial charge in [0.05, 0.1) is 5.56 Å². The minimum atomic E-state index is -0.732. The van der Waals surface area contributed by atoms with Gasteiger partial charge in [-0.15, -0.1) is 0 Å². The molecule has 5 heteroatoms. The zero-order valence-electron chi connectivity index (χ0n) is 14.6. The molecule has 25 heavy (non-hydrogen) atoms. The summed E-state index contributed by atoms with van der Waals surface area (Å²) < 4.78 is 18.5. The molecule has 0 spiro atoms. The van der Waals surface area contributed by atoms with Gasteiger partial charge < -0.3 is 10.1 Å². The smallest absolute Gasteiger partial charge is 0.338 e. The average molecular weight is 343 g/mol. The second-order valence-corrected chi connectivity index (χ2v) is 5.98. The molecule has 132 valence electrons. The minimum absolute atomic E-state index is 0.0795. The number of hydrogen-bond donors (Lipinski definition) is 1. The van der Waals surface area contributed by atoms with Gasteiger partial charge in [-0.25, -0.2) is 9.18 Å². The van der Waals surface area contributed by atoms with E-state index >= 15 is 0 Å². The Morgan fingerprint density at radius 2 is 1.92 bits per heavy atom. The maximum absolute atomic E-state index is 13.5. The van der Waals surface area contributed by atoms with Crippen LogP contribution in [0.15, 0.2) is 42.5 Å². The van der Waals surface area contributed by atoms with Crippen LogP contribution in [0.3, 0.4) is 0 Å². The molecule has 0 fully saturated rings. The highest BCUT2D eigenvalue weighted by atomic mass is 19.1. The van der Waals surface area contributed by atoms with Crippen LogP contribution in [0.4, 0.5) is 10.1 Å². The van der Waals surface area contributed by atoms with Crippen molar-refractivity contribution < 1.29 is 18.7 Å². The highest BCUT2D eigenvalue weighted by Crippen LogP contribution is 2.26. The van der Waals surface area contributed by atoms with Crippen molar-refractivity contribution in [1.29, 1.82) is 0 Å². The lowest BCUT2D eigenvalue weighted by atomic mass is 9.97. The summed E-state index contributed by atoms with van der Waals surface area (Å²) in [6, 6.07) is 11.6. The molecule has 0 saturated heterocycles. The maximum atomic E-state index is 13.5. The van der Waals surface area contributed by atoms with Gasteiger partial charge >= 0.3 is 5.97 Å². The number of rotatable bonds is 6. The zero-order valence-corrected chi connectivity index (χ0v) is 14.6. The lowest BCUT2D eigenvalue weighted by Crippen LogP contribution is -2.21. The Labute approximate surface area is 147 Å². The highest BCUT2D eigenvalue weighted by molar-refractivity contribution is 5.96. The number of halogens is 1. The van der Waals surface area contributed by atoms with Gasteiger partial charge in [0, 0.05) is 5.69 Å². The second kappa shape index (κ2) is 8.42. The number of aryl methyl sites for hydroxylation is 1. The maximum Gasteiger partial charge on any atom is 0.338 e. The first kappa shape index (κ1) is 18.6. The molecule has 0 aliphatic heterocycles. The molecule has 0 aliphatic carbocycles. The van der Waals surface area contributed by atoms with Crippen LogP contribution in [0.1, 0.15) is 47.7 Å². The fourth-order valence-corrected chi connectivity index (χ4v) is 2.38. The lowest BCUT2D eigenvalue weighted by molar-refractivity contribution is -0.119. The molecule has 2 rings (SSSR count). The Morgan fingerprint density at radius 1 is 1.20 bits per heavy atom. The van der Waals surface area contributed by atoms with Crippen LogP contribution in [0, 0.1) is 12.7 Å². The molecular weight excluding hydrogens is 321 g/mol. The van der Waals surface area contributed by atoms with E-state index < -0.39 is 24.3 Å². The summed E-state index contributed by atoms with van der Waals surface area (Å²) in [5, 5.41) is 2.76. The molecule has 0 unspecified atom stereocenters. The minimum Gasteiger partial charge on any atom is -0.452 e. The van der Waals surface area contributed by atoms with Gasteiger partial charge in [-0.3, -0.25) is 4.79 Å². The Balaban J connectivity index is 1.97. The van der Waals surface area contributed by atoms with E-state index in [1.807, 2.05) is 24.3 Å². The summed E-state index contributed by atoms with van der Waals surface area (Å²) >= 11 is 0. The third-order valence-corrected chi connectivity index (χ3v) is 4.12. The standard InChI is InChI=1S/C20H22FNO3/c1-4-13(2)16-7-5-6-8-18(16)22-19(23)12-25-20(24)15-10-9-14(3)17(21)11-15/h5-11,13H,4,12H2,1-3H3,(H,22,23)/t13-/m1/s1. The number of esters is 1. The van der Waals surface area contributed by atoms with Gasteiger partial charge in [0.2, 0.25) is 0 Å². The normalized spacial score (nSPS) is 11.7. The van der Waals surface area contributed by atoms with E-state index in [1.54, 1.807) is 6.92 Å².